The first-order chi connectivity index (χ1) is 6.29. The van der Waals surface area contributed by atoms with E-state index in [-0.39, 0.29) is 12.4 Å². The van der Waals surface area contributed by atoms with E-state index in [1.807, 2.05) is 0 Å². The third kappa shape index (κ3) is 2.19. The predicted molar refractivity (Wildman–Crippen MR) is 50.4 cm³/mol. The molecule has 1 aliphatic rings. The van der Waals surface area contributed by atoms with Crippen LogP contribution in [-0.4, -0.2) is 29.5 Å². The van der Waals surface area contributed by atoms with Crippen molar-refractivity contribution in [3.63, 3.8) is 0 Å². The molecule has 0 fully saturated rings. The van der Waals surface area contributed by atoms with Crippen molar-refractivity contribution >= 4 is 6.01 Å². The molecule has 0 unspecified atom stereocenters. The number of nitrogens with two attached hydrogens (primary N) is 1. The molecule has 0 saturated carbocycles. The van der Waals surface area contributed by atoms with E-state index in [9.17, 15) is 0 Å². The summed E-state index contributed by atoms with van der Waals surface area (Å²) in [7, 11) is 0. The molecule has 80 valence electrons. The second kappa shape index (κ2) is 4.66. The van der Waals surface area contributed by atoms with Crippen LogP contribution in [0.25, 0.3) is 0 Å². The van der Waals surface area contributed by atoms with Crippen molar-refractivity contribution in [3.8, 4) is 0 Å². The summed E-state index contributed by atoms with van der Waals surface area (Å²) in [6, 6.07) is 0.315. The van der Waals surface area contributed by atoms with Crippen LogP contribution in [0.3, 0.4) is 0 Å². The maximum atomic E-state index is 5.49. The quantitative estimate of drug-likeness (QED) is 0.573. The lowest BCUT2D eigenvalue weighted by atomic mass is 10.2. The smallest absolute Gasteiger partial charge is 0.292 e. The second-order valence-corrected chi connectivity index (χ2v) is 3.36. The van der Waals surface area contributed by atoms with Gasteiger partial charge in [-0.1, -0.05) is 6.92 Å². The molecule has 1 aromatic rings. The van der Waals surface area contributed by atoms with Crippen LogP contribution < -0.4 is 18.1 Å². The zero-order chi connectivity index (χ0) is 9.26. The summed E-state index contributed by atoms with van der Waals surface area (Å²) in [6.07, 6.45) is 1.90. The van der Waals surface area contributed by atoms with Gasteiger partial charge in [0.25, 0.3) is 6.01 Å². The minimum absolute atomic E-state index is 0. The van der Waals surface area contributed by atoms with Crippen molar-refractivity contribution in [2.24, 2.45) is 0 Å². The Labute approximate surface area is 89.9 Å². The van der Waals surface area contributed by atoms with Crippen LogP contribution in [-0.2, 0) is 12.8 Å². The molecule has 2 N–H and O–H groups in total. The molecule has 0 aliphatic carbocycles. The first-order valence-corrected chi connectivity index (χ1v) is 4.76. The Morgan fingerprint density at radius 2 is 2.14 bits per heavy atom. The van der Waals surface area contributed by atoms with Crippen LogP contribution in [0.4, 0.5) is 6.01 Å². The number of hydrogen-bond donors (Lipinski definition) is 1. The van der Waals surface area contributed by atoms with Gasteiger partial charge >= 0.3 is 0 Å². The summed E-state index contributed by atoms with van der Waals surface area (Å²) in [5, 5.41) is 0. The van der Waals surface area contributed by atoms with Gasteiger partial charge in [0, 0.05) is 25.9 Å². The zero-order valence-corrected chi connectivity index (χ0v) is 9.05. The van der Waals surface area contributed by atoms with Crippen molar-refractivity contribution in [1.29, 1.82) is 0 Å². The van der Waals surface area contributed by atoms with Gasteiger partial charge in [-0.15, -0.1) is 0 Å². The lowest BCUT2D eigenvalue weighted by molar-refractivity contribution is -0.00000362. The summed E-state index contributed by atoms with van der Waals surface area (Å²) in [6.45, 7) is 5.39. The number of fused-ring (bicyclic) bond motifs is 1. The molecule has 4 nitrogen and oxygen atoms in total. The largest absolute Gasteiger partial charge is 1.00 e. The Balaban J connectivity index is 0.000000980. The van der Waals surface area contributed by atoms with Gasteiger partial charge in [-0.25, -0.2) is 0 Å². The van der Waals surface area contributed by atoms with E-state index in [0.29, 0.717) is 6.01 Å². The fourth-order valence-corrected chi connectivity index (χ4v) is 1.75. The van der Waals surface area contributed by atoms with Crippen molar-refractivity contribution in [1.82, 2.24) is 9.88 Å². The summed E-state index contributed by atoms with van der Waals surface area (Å²) < 4.78 is 5.32. The van der Waals surface area contributed by atoms with Gasteiger partial charge < -0.3 is 27.5 Å². The fraction of sp³-hybridized carbons (Fsp3) is 0.667. The maximum Gasteiger partial charge on any atom is 0.292 e. The first kappa shape index (κ1) is 11.3. The van der Waals surface area contributed by atoms with Crippen molar-refractivity contribution in [2.75, 3.05) is 25.4 Å². The Morgan fingerprint density at radius 1 is 1.43 bits per heavy atom. The molecular formula is C9H15ClN3O-. The standard InChI is InChI=1S/C9H15N3O.ClH/c1-2-12-5-3-7-8(4-6-12)13-9(10)11-7;/h2-6H2,1H3,(H2,10,11);1H/p-1. The monoisotopic (exact) mass is 216 g/mol. The number of nitrogen functional groups attached to an aromatic ring is 1. The zero-order valence-electron chi connectivity index (χ0n) is 8.29. The van der Waals surface area contributed by atoms with Crippen LogP contribution in [0, 0.1) is 0 Å². The molecule has 1 aliphatic heterocycles. The van der Waals surface area contributed by atoms with Crippen LogP contribution in [0.5, 0.6) is 0 Å². The van der Waals surface area contributed by atoms with Gasteiger partial charge in [0.1, 0.15) is 5.76 Å². The number of aromatic nitrogens is 1. The molecule has 5 heteroatoms. The van der Waals surface area contributed by atoms with Gasteiger partial charge in [0.2, 0.25) is 0 Å². The van der Waals surface area contributed by atoms with E-state index < -0.39 is 0 Å². The number of halogens is 1. The van der Waals surface area contributed by atoms with Gasteiger partial charge in [0.15, 0.2) is 0 Å². The van der Waals surface area contributed by atoms with E-state index >= 15 is 0 Å². The number of nitrogens with zero attached hydrogens (tertiary/aromatic N) is 2. The fourth-order valence-electron chi connectivity index (χ4n) is 1.75. The molecule has 0 aromatic carbocycles. The van der Waals surface area contributed by atoms with Crippen molar-refractivity contribution in [3.05, 3.63) is 11.5 Å². The average molecular weight is 217 g/mol. The Kier molecular flexibility index (Phi) is 3.77. The highest BCUT2D eigenvalue weighted by Crippen LogP contribution is 2.17. The highest BCUT2D eigenvalue weighted by atomic mass is 35.5. The topological polar surface area (TPSA) is 55.3 Å². The number of rotatable bonds is 1. The molecule has 0 atom stereocenters. The predicted octanol–water partition coefficient (Wildman–Crippen LogP) is -2.32. The number of oxazole rings is 1. The average Bonchev–Trinajstić information content (AvgIpc) is 2.37. The molecule has 14 heavy (non-hydrogen) atoms. The number of hydrogen-bond acceptors (Lipinski definition) is 4. The van der Waals surface area contributed by atoms with E-state index in [4.69, 9.17) is 10.2 Å². The summed E-state index contributed by atoms with van der Waals surface area (Å²) in [4.78, 5) is 6.56. The van der Waals surface area contributed by atoms with Crippen molar-refractivity contribution < 1.29 is 16.8 Å². The SMILES string of the molecule is CCN1CCc2nc(N)oc2CC1.[Cl-]. The highest BCUT2D eigenvalue weighted by molar-refractivity contribution is 5.21. The summed E-state index contributed by atoms with van der Waals surface area (Å²) >= 11 is 0. The lowest BCUT2D eigenvalue weighted by Crippen LogP contribution is -3.00. The third-order valence-electron chi connectivity index (χ3n) is 2.56. The molecule has 0 radical (unpaired) electrons. The van der Waals surface area contributed by atoms with Crippen molar-refractivity contribution in [2.45, 2.75) is 19.8 Å². The van der Waals surface area contributed by atoms with Crippen LogP contribution in [0.15, 0.2) is 4.42 Å². The highest BCUT2D eigenvalue weighted by Gasteiger charge is 2.17. The van der Waals surface area contributed by atoms with Crippen LogP contribution >= 0.6 is 0 Å². The van der Waals surface area contributed by atoms with Gasteiger partial charge in [0.05, 0.1) is 5.69 Å². The Morgan fingerprint density at radius 3 is 2.86 bits per heavy atom. The van der Waals surface area contributed by atoms with E-state index in [1.165, 1.54) is 0 Å². The minimum atomic E-state index is 0. The molecule has 0 spiro atoms. The molecule has 2 rings (SSSR count). The lowest BCUT2D eigenvalue weighted by Gasteiger charge is -2.15. The molecule has 0 saturated heterocycles. The molecular weight excluding hydrogens is 202 g/mol. The Bertz CT molecular complexity index is 275. The van der Waals surface area contributed by atoms with Crippen LogP contribution in [0.1, 0.15) is 18.4 Å². The Hall–Kier alpha value is -0.740. The summed E-state index contributed by atoms with van der Waals surface area (Å²) in [5.74, 6) is 0.980. The molecule has 0 bridgehead atoms. The summed E-state index contributed by atoms with van der Waals surface area (Å²) in [5.41, 5.74) is 6.53. The first-order valence-electron chi connectivity index (χ1n) is 4.76. The van der Waals surface area contributed by atoms with E-state index in [0.717, 1.165) is 43.9 Å². The molecule has 1 aromatic heterocycles. The van der Waals surface area contributed by atoms with Crippen LogP contribution in [0.2, 0.25) is 0 Å². The number of anilines is 1. The molecule has 0 amide bonds. The molecule has 2 heterocycles. The minimum Gasteiger partial charge on any atom is -1.00 e. The number of likely N-dealkylation sites (N-methyl/N-ethyl adjacent to an activating group) is 1. The van der Waals surface area contributed by atoms with E-state index in [1.54, 1.807) is 0 Å². The third-order valence-corrected chi connectivity index (χ3v) is 2.56. The maximum absolute atomic E-state index is 5.49. The normalized spacial score (nSPS) is 16.9. The van der Waals surface area contributed by atoms with E-state index in [2.05, 4.69) is 16.8 Å². The second-order valence-electron chi connectivity index (χ2n) is 3.36. The van der Waals surface area contributed by atoms with Gasteiger partial charge in [-0.3, -0.25) is 0 Å². The van der Waals surface area contributed by atoms with Gasteiger partial charge in [-0.05, 0) is 6.54 Å². The van der Waals surface area contributed by atoms with Gasteiger partial charge in [-0.2, -0.15) is 4.98 Å².